The molecule has 5 rings (SSSR count). The van der Waals surface area contributed by atoms with Crippen LogP contribution in [0.25, 0.3) is 11.0 Å². The number of para-hydroxylation sites is 2. The van der Waals surface area contributed by atoms with Crippen LogP contribution in [0.3, 0.4) is 0 Å². The summed E-state index contributed by atoms with van der Waals surface area (Å²) in [6.07, 6.45) is 5.48. The number of H-pyrrole nitrogens is 1. The Bertz CT molecular complexity index is 1040. The van der Waals surface area contributed by atoms with E-state index in [1.165, 1.54) is 0 Å². The maximum Gasteiger partial charge on any atom is 0.326 e. The predicted molar refractivity (Wildman–Crippen MR) is 110 cm³/mol. The molecule has 1 amide bonds. The van der Waals surface area contributed by atoms with Crippen molar-refractivity contribution in [2.75, 3.05) is 26.2 Å². The first-order valence-corrected chi connectivity index (χ1v) is 10.5. The number of fused-ring (bicyclic) bond motifs is 1. The predicted octanol–water partition coefficient (Wildman–Crippen LogP) is 2.86. The minimum absolute atomic E-state index is 0.00519. The SMILES string of the molecule is O=C(c1ccco1)N1CCC(N2CCC(n3c(=O)[nH]c4ccccc43)CC2)CC1. The van der Waals surface area contributed by atoms with Crippen LogP contribution in [0, 0.1) is 0 Å². The number of piperidine rings is 2. The van der Waals surface area contributed by atoms with Gasteiger partial charge in [-0.15, -0.1) is 0 Å². The molecule has 4 heterocycles. The van der Waals surface area contributed by atoms with Gasteiger partial charge in [0.05, 0.1) is 17.3 Å². The van der Waals surface area contributed by atoms with Gasteiger partial charge in [-0.25, -0.2) is 4.79 Å². The second-order valence-electron chi connectivity index (χ2n) is 8.09. The first kappa shape index (κ1) is 18.2. The van der Waals surface area contributed by atoms with Crippen molar-refractivity contribution in [3.05, 3.63) is 58.9 Å². The summed E-state index contributed by atoms with van der Waals surface area (Å²) in [5.41, 5.74) is 1.91. The van der Waals surface area contributed by atoms with Gasteiger partial charge in [-0.05, 0) is 49.9 Å². The standard InChI is InChI=1S/C22H26N4O3/c27-21(20-6-3-15-29-20)25-13-7-16(8-14-25)24-11-9-17(10-12-24)26-19-5-2-1-4-18(19)23-22(26)28/h1-6,15-17H,7-14H2,(H,23,28). The van der Waals surface area contributed by atoms with Crippen LogP contribution in [0.1, 0.15) is 42.3 Å². The first-order valence-electron chi connectivity index (χ1n) is 10.5. The molecule has 2 aliphatic rings. The third kappa shape index (κ3) is 3.40. The maximum atomic E-state index is 12.5. The fourth-order valence-corrected chi connectivity index (χ4v) is 4.94. The number of carbonyl (C=O) groups is 1. The summed E-state index contributed by atoms with van der Waals surface area (Å²) in [6, 6.07) is 12.2. The van der Waals surface area contributed by atoms with E-state index in [9.17, 15) is 9.59 Å². The van der Waals surface area contributed by atoms with Gasteiger partial charge in [0.15, 0.2) is 5.76 Å². The lowest BCUT2D eigenvalue weighted by atomic mass is 9.97. The zero-order valence-corrected chi connectivity index (χ0v) is 16.4. The highest BCUT2D eigenvalue weighted by molar-refractivity contribution is 5.91. The third-order valence-electron chi connectivity index (χ3n) is 6.49. The Morgan fingerprint density at radius 3 is 2.38 bits per heavy atom. The van der Waals surface area contributed by atoms with Gasteiger partial charge in [0.25, 0.3) is 5.91 Å². The Morgan fingerprint density at radius 1 is 0.931 bits per heavy atom. The Balaban J connectivity index is 1.19. The molecule has 0 aliphatic carbocycles. The number of aromatic amines is 1. The van der Waals surface area contributed by atoms with Crippen molar-refractivity contribution in [1.29, 1.82) is 0 Å². The lowest BCUT2D eigenvalue weighted by molar-refractivity contribution is 0.0533. The van der Waals surface area contributed by atoms with E-state index in [1.807, 2.05) is 33.7 Å². The number of nitrogens with zero attached hydrogens (tertiary/aromatic N) is 3. The van der Waals surface area contributed by atoms with Crippen LogP contribution in [0.15, 0.2) is 51.9 Å². The van der Waals surface area contributed by atoms with Crippen LogP contribution in [-0.2, 0) is 0 Å². The quantitative estimate of drug-likeness (QED) is 0.741. The fraction of sp³-hybridized carbons (Fsp3) is 0.455. The summed E-state index contributed by atoms with van der Waals surface area (Å²) < 4.78 is 7.19. The summed E-state index contributed by atoms with van der Waals surface area (Å²) in [4.78, 5) is 32.3. The number of rotatable bonds is 3. The van der Waals surface area contributed by atoms with Crippen LogP contribution in [0.5, 0.6) is 0 Å². The van der Waals surface area contributed by atoms with Gasteiger partial charge in [-0.1, -0.05) is 12.1 Å². The van der Waals surface area contributed by atoms with E-state index < -0.39 is 0 Å². The van der Waals surface area contributed by atoms with Crippen LogP contribution in [0.2, 0.25) is 0 Å². The summed E-state index contributed by atoms with van der Waals surface area (Å²) in [5.74, 6) is 0.416. The average Bonchev–Trinajstić information content (AvgIpc) is 3.41. The number of hydrogen-bond donors (Lipinski definition) is 1. The zero-order valence-electron chi connectivity index (χ0n) is 16.4. The molecule has 0 unspecified atom stereocenters. The fourth-order valence-electron chi connectivity index (χ4n) is 4.94. The minimum Gasteiger partial charge on any atom is -0.459 e. The topological polar surface area (TPSA) is 74.5 Å². The van der Waals surface area contributed by atoms with E-state index in [-0.39, 0.29) is 17.6 Å². The normalized spacial score (nSPS) is 19.8. The molecule has 0 saturated carbocycles. The van der Waals surface area contributed by atoms with Crippen LogP contribution in [-0.4, -0.2) is 57.5 Å². The van der Waals surface area contributed by atoms with Crippen molar-refractivity contribution >= 4 is 16.9 Å². The molecule has 0 bridgehead atoms. The zero-order chi connectivity index (χ0) is 19.8. The van der Waals surface area contributed by atoms with Crippen molar-refractivity contribution in [3.8, 4) is 0 Å². The molecule has 0 radical (unpaired) electrons. The second kappa shape index (κ2) is 7.55. The van der Waals surface area contributed by atoms with E-state index in [4.69, 9.17) is 4.42 Å². The summed E-state index contributed by atoms with van der Waals surface area (Å²) in [5, 5.41) is 0. The Labute approximate surface area is 168 Å². The van der Waals surface area contributed by atoms with E-state index >= 15 is 0 Å². The van der Waals surface area contributed by atoms with Crippen LogP contribution >= 0.6 is 0 Å². The average molecular weight is 394 g/mol. The van der Waals surface area contributed by atoms with Gasteiger partial charge in [-0.2, -0.15) is 0 Å². The van der Waals surface area contributed by atoms with Gasteiger partial charge in [0.1, 0.15) is 0 Å². The molecule has 2 fully saturated rings. The summed E-state index contributed by atoms with van der Waals surface area (Å²) in [7, 11) is 0. The molecule has 152 valence electrons. The Hall–Kier alpha value is -2.80. The highest BCUT2D eigenvalue weighted by atomic mass is 16.3. The number of furan rings is 1. The molecule has 0 atom stereocenters. The summed E-state index contributed by atoms with van der Waals surface area (Å²) in [6.45, 7) is 3.53. The van der Waals surface area contributed by atoms with Gasteiger partial charge in [-0.3, -0.25) is 9.36 Å². The molecule has 7 nitrogen and oxygen atoms in total. The Kier molecular flexibility index (Phi) is 4.75. The molecule has 2 saturated heterocycles. The van der Waals surface area contributed by atoms with Gasteiger partial charge < -0.3 is 19.2 Å². The van der Waals surface area contributed by atoms with E-state index in [0.29, 0.717) is 11.8 Å². The molecule has 29 heavy (non-hydrogen) atoms. The minimum atomic E-state index is -0.00845. The van der Waals surface area contributed by atoms with Crippen LogP contribution < -0.4 is 5.69 Å². The highest BCUT2D eigenvalue weighted by Crippen LogP contribution is 2.28. The number of likely N-dealkylation sites (tertiary alicyclic amines) is 2. The monoisotopic (exact) mass is 394 g/mol. The lowest BCUT2D eigenvalue weighted by Gasteiger charge is -2.41. The lowest BCUT2D eigenvalue weighted by Crippen LogP contribution is -2.49. The molecule has 2 aliphatic heterocycles. The first-order chi connectivity index (χ1) is 14.2. The number of benzene rings is 1. The van der Waals surface area contributed by atoms with Crippen molar-refractivity contribution in [2.24, 2.45) is 0 Å². The molecule has 0 spiro atoms. The van der Waals surface area contributed by atoms with E-state index in [2.05, 4.69) is 9.88 Å². The molecule has 2 aromatic heterocycles. The molecule has 3 aromatic rings. The second-order valence-corrected chi connectivity index (χ2v) is 8.09. The van der Waals surface area contributed by atoms with Gasteiger partial charge >= 0.3 is 5.69 Å². The Morgan fingerprint density at radius 2 is 1.66 bits per heavy atom. The smallest absolute Gasteiger partial charge is 0.326 e. The molecule has 1 N–H and O–H groups in total. The largest absolute Gasteiger partial charge is 0.459 e. The molecular weight excluding hydrogens is 368 g/mol. The highest BCUT2D eigenvalue weighted by Gasteiger charge is 2.31. The molecule has 7 heteroatoms. The number of carbonyl (C=O) groups excluding carboxylic acids is 1. The van der Waals surface area contributed by atoms with Crippen molar-refractivity contribution in [2.45, 2.75) is 37.8 Å². The number of imidazole rings is 1. The number of aromatic nitrogens is 2. The molecular formula is C22H26N4O3. The number of amides is 1. The van der Waals surface area contributed by atoms with Crippen molar-refractivity contribution in [3.63, 3.8) is 0 Å². The summed E-state index contributed by atoms with van der Waals surface area (Å²) >= 11 is 0. The maximum absolute atomic E-state index is 12.5. The van der Waals surface area contributed by atoms with Crippen molar-refractivity contribution in [1.82, 2.24) is 19.4 Å². The van der Waals surface area contributed by atoms with Gasteiger partial charge in [0, 0.05) is 38.3 Å². The van der Waals surface area contributed by atoms with E-state index in [0.717, 1.165) is 62.9 Å². The number of hydrogen-bond acceptors (Lipinski definition) is 4. The van der Waals surface area contributed by atoms with Crippen molar-refractivity contribution < 1.29 is 9.21 Å². The van der Waals surface area contributed by atoms with E-state index in [1.54, 1.807) is 18.4 Å². The van der Waals surface area contributed by atoms with Crippen LogP contribution in [0.4, 0.5) is 0 Å². The number of nitrogens with one attached hydrogen (secondary N) is 1. The molecule has 1 aromatic carbocycles. The third-order valence-corrected chi connectivity index (χ3v) is 6.49. The van der Waals surface area contributed by atoms with Gasteiger partial charge in [0.2, 0.25) is 0 Å².